The van der Waals surface area contributed by atoms with Gasteiger partial charge in [-0.05, 0) is 25.2 Å². The largest absolute Gasteiger partial charge is 0.469 e. The van der Waals surface area contributed by atoms with Gasteiger partial charge in [0, 0.05) is 5.92 Å². The Morgan fingerprint density at radius 3 is 2.30 bits per heavy atom. The first-order chi connectivity index (χ1) is 10.9. The number of ether oxygens (including phenoxy) is 2. The summed E-state index contributed by atoms with van der Waals surface area (Å²) >= 11 is 0. The van der Waals surface area contributed by atoms with Crippen LogP contribution in [0, 0.1) is 17.8 Å². The number of carbonyl (C=O) groups is 3. The van der Waals surface area contributed by atoms with E-state index >= 15 is 0 Å². The molecular formula is C17H25NO5. The van der Waals surface area contributed by atoms with Gasteiger partial charge in [-0.15, -0.1) is 0 Å². The Labute approximate surface area is 136 Å². The van der Waals surface area contributed by atoms with E-state index in [2.05, 4.69) is 0 Å². The maximum absolute atomic E-state index is 12.7. The number of hydrogen-bond acceptors (Lipinski definition) is 5. The van der Waals surface area contributed by atoms with Gasteiger partial charge in [0.2, 0.25) is 5.91 Å². The monoisotopic (exact) mass is 323 g/mol. The number of carbonyl (C=O) groups excluding carboxylic acids is 3. The van der Waals surface area contributed by atoms with Gasteiger partial charge in [-0.3, -0.25) is 9.59 Å². The van der Waals surface area contributed by atoms with E-state index in [4.69, 9.17) is 9.47 Å². The van der Waals surface area contributed by atoms with Crippen LogP contribution in [0.4, 0.5) is 0 Å². The molecule has 0 aromatic carbocycles. The fourth-order valence-electron chi connectivity index (χ4n) is 3.68. The van der Waals surface area contributed by atoms with Gasteiger partial charge in [0.1, 0.15) is 6.04 Å². The Morgan fingerprint density at radius 1 is 1.09 bits per heavy atom. The minimum Gasteiger partial charge on any atom is -0.469 e. The first-order valence-electron chi connectivity index (χ1n) is 8.06. The molecule has 0 N–H and O–H groups in total. The molecule has 0 saturated carbocycles. The lowest BCUT2D eigenvalue weighted by Gasteiger charge is -2.47. The average molecular weight is 323 g/mol. The normalized spacial score (nSPS) is 29.9. The van der Waals surface area contributed by atoms with Gasteiger partial charge in [-0.2, -0.15) is 0 Å². The zero-order chi connectivity index (χ0) is 17.1. The van der Waals surface area contributed by atoms with Crippen LogP contribution in [0.15, 0.2) is 12.2 Å². The van der Waals surface area contributed by atoms with Crippen LogP contribution >= 0.6 is 0 Å². The molecule has 1 saturated heterocycles. The van der Waals surface area contributed by atoms with Crippen molar-refractivity contribution in [1.82, 2.24) is 4.90 Å². The molecule has 0 aromatic rings. The van der Waals surface area contributed by atoms with E-state index < -0.39 is 12.0 Å². The van der Waals surface area contributed by atoms with Crippen molar-refractivity contribution in [2.24, 2.45) is 17.8 Å². The number of nitrogens with zero attached hydrogens (tertiary/aromatic N) is 1. The number of amides is 1. The lowest BCUT2D eigenvalue weighted by Crippen LogP contribution is -2.59. The van der Waals surface area contributed by atoms with E-state index in [0.717, 1.165) is 0 Å². The van der Waals surface area contributed by atoms with Crippen molar-refractivity contribution in [2.75, 3.05) is 14.2 Å². The molecule has 1 fully saturated rings. The highest BCUT2D eigenvalue weighted by Gasteiger charge is 2.48. The van der Waals surface area contributed by atoms with Gasteiger partial charge in [0.25, 0.3) is 0 Å². The maximum Gasteiger partial charge on any atom is 0.328 e. The van der Waals surface area contributed by atoms with Crippen molar-refractivity contribution < 1.29 is 23.9 Å². The maximum atomic E-state index is 12.7. The highest BCUT2D eigenvalue weighted by molar-refractivity contribution is 5.86. The topological polar surface area (TPSA) is 72.9 Å². The number of esters is 2. The number of rotatable bonds is 3. The van der Waals surface area contributed by atoms with E-state index in [9.17, 15) is 14.4 Å². The third-order valence-electron chi connectivity index (χ3n) is 4.83. The second-order valence-corrected chi connectivity index (χ2v) is 6.46. The van der Waals surface area contributed by atoms with E-state index in [-0.39, 0.29) is 35.7 Å². The molecule has 128 valence electrons. The molecule has 0 aromatic heterocycles. The van der Waals surface area contributed by atoms with Crippen LogP contribution in [0.1, 0.15) is 33.1 Å². The molecule has 0 unspecified atom stereocenters. The van der Waals surface area contributed by atoms with Crippen molar-refractivity contribution in [1.29, 1.82) is 0 Å². The second-order valence-electron chi connectivity index (χ2n) is 6.46. The van der Waals surface area contributed by atoms with Gasteiger partial charge in [-0.25, -0.2) is 4.79 Å². The van der Waals surface area contributed by atoms with Crippen LogP contribution in [0.25, 0.3) is 0 Å². The summed E-state index contributed by atoms with van der Waals surface area (Å²) in [6.07, 6.45) is 5.66. The van der Waals surface area contributed by atoms with Gasteiger partial charge < -0.3 is 14.4 Å². The number of methoxy groups -OCH3 is 2. The van der Waals surface area contributed by atoms with Crippen LogP contribution in [-0.4, -0.2) is 49.0 Å². The molecule has 0 spiro atoms. The van der Waals surface area contributed by atoms with E-state index in [1.165, 1.54) is 14.2 Å². The third kappa shape index (κ3) is 3.26. The predicted molar refractivity (Wildman–Crippen MR) is 83.3 cm³/mol. The lowest BCUT2D eigenvalue weighted by atomic mass is 9.72. The SMILES string of the molecule is COC(=O)[C@H]1CC[C@@H]2[C@@H](C=CC[C@H]2C(=O)OC)N1C(=O)C(C)C. The Bertz CT molecular complexity index is 513. The molecule has 1 amide bonds. The fourth-order valence-corrected chi connectivity index (χ4v) is 3.68. The van der Waals surface area contributed by atoms with E-state index in [0.29, 0.717) is 19.3 Å². The summed E-state index contributed by atoms with van der Waals surface area (Å²) < 4.78 is 9.79. The summed E-state index contributed by atoms with van der Waals surface area (Å²) in [5.74, 6) is -1.26. The van der Waals surface area contributed by atoms with Crippen molar-refractivity contribution in [2.45, 2.75) is 45.2 Å². The minimum atomic E-state index is -0.586. The molecule has 2 aliphatic rings. The second kappa shape index (κ2) is 7.15. The minimum absolute atomic E-state index is 0.0175. The molecule has 1 heterocycles. The van der Waals surface area contributed by atoms with Crippen molar-refractivity contribution in [3.05, 3.63) is 12.2 Å². The van der Waals surface area contributed by atoms with E-state index in [1.807, 2.05) is 26.0 Å². The number of fused-ring (bicyclic) bond motifs is 1. The van der Waals surface area contributed by atoms with Crippen molar-refractivity contribution >= 4 is 17.8 Å². The van der Waals surface area contributed by atoms with Crippen LogP contribution < -0.4 is 0 Å². The molecule has 2 rings (SSSR count). The quantitative estimate of drug-likeness (QED) is 0.582. The molecule has 4 atom stereocenters. The summed E-state index contributed by atoms with van der Waals surface area (Å²) in [6, 6.07) is -0.849. The standard InChI is InChI=1S/C17H25NO5/c1-10(2)15(19)18-13-7-5-6-12(16(20)22-3)11(13)8-9-14(18)17(21)23-4/h5,7,10-14H,6,8-9H2,1-4H3/t11-,12+,13+,14+/m0/s1. The fraction of sp³-hybridized carbons (Fsp3) is 0.706. The van der Waals surface area contributed by atoms with Gasteiger partial charge in [-0.1, -0.05) is 26.0 Å². The molecular weight excluding hydrogens is 298 g/mol. The van der Waals surface area contributed by atoms with Crippen LogP contribution in [0.5, 0.6) is 0 Å². The van der Waals surface area contributed by atoms with Crippen LogP contribution in [0.2, 0.25) is 0 Å². The molecule has 6 nitrogen and oxygen atoms in total. The molecule has 6 heteroatoms. The summed E-state index contributed by atoms with van der Waals surface area (Å²) in [5.41, 5.74) is 0. The zero-order valence-corrected chi connectivity index (χ0v) is 14.2. The Hall–Kier alpha value is -1.85. The van der Waals surface area contributed by atoms with Crippen LogP contribution in [0.3, 0.4) is 0 Å². The summed E-state index contributed by atoms with van der Waals surface area (Å²) in [7, 11) is 2.72. The first kappa shape index (κ1) is 17.5. The Kier molecular flexibility index (Phi) is 5.44. The predicted octanol–water partition coefficient (Wildman–Crippen LogP) is 1.54. The summed E-state index contributed by atoms with van der Waals surface area (Å²) in [6.45, 7) is 3.62. The van der Waals surface area contributed by atoms with Crippen molar-refractivity contribution in [3.8, 4) is 0 Å². The molecule has 0 radical (unpaired) electrons. The van der Waals surface area contributed by atoms with Crippen LogP contribution in [-0.2, 0) is 23.9 Å². The number of allylic oxidation sites excluding steroid dienone is 1. The molecule has 23 heavy (non-hydrogen) atoms. The van der Waals surface area contributed by atoms with Gasteiger partial charge in [0.05, 0.1) is 26.2 Å². The number of hydrogen-bond donors (Lipinski definition) is 0. The zero-order valence-electron chi connectivity index (χ0n) is 14.2. The average Bonchev–Trinajstić information content (AvgIpc) is 2.57. The smallest absolute Gasteiger partial charge is 0.328 e. The summed E-state index contributed by atoms with van der Waals surface area (Å²) in [4.78, 5) is 38.5. The van der Waals surface area contributed by atoms with Crippen molar-refractivity contribution in [3.63, 3.8) is 0 Å². The number of likely N-dealkylation sites (tertiary alicyclic amines) is 1. The van der Waals surface area contributed by atoms with Gasteiger partial charge in [0.15, 0.2) is 0 Å². The lowest BCUT2D eigenvalue weighted by molar-refractivity contribution is -0.163. The first-order valence-corrected chi connectivity index (χ1v) is 8.06. The molecule has 1 aliphatic heterocycles. The highest BCUT2D eigenvalue weighted by atomic mass is 16.5. The van der Waals surface area contributed by atoms with E-state index in [1.54, 1.807) is 4.90 Å². The molecule has 0 bridgehead atoms. The van der Waals surface area contributed by atoms with Gasteiger partial charge >= 0.3 is 11.9 Å². The highest BCUT2D eigenvalue weighted by Crippen LogP contribution is 2.39. The Balaban J connectivity index is 2.36. The third-order valence-corrected chi connectivity index (χ3v) is 4.83. The summed E-state index contributed by atoms with van der Waals surface area (Å²) in [5, 5.41) is 0. The number of piperidine rings is 1. The molecule has 1 aliphatic carbocycles. The Morgan fingerprint density at radius 2 is 1.74 bits per heavy atom.